The van der Waals surface area contributed by atoms with Crippen molar-refractivity contribution < 1.29 is 0 Å². The summed E-state index contributed by atoms with van der Waals surface area (Å²) in [5.41, 5.74) is 2.03. The molecule has 0 unspecified atom stereocenters. The number of fused-ring (bicyclic) bond motifs is 1. The Kier molecular flexibility index (Phi) is 2.86. The molecule has 84 valence electrons. The van der Waals surface area contributed by atoms with Crippen LogP contribution in [0.1, 0.15) is 39.3 Å². The minimum absolute atomic E-state index is 0.115. The first kappa shape index (κ1) is 11.0. The molecule has 0 spiro atoms. The third-order valence-corrected chi connectivity index (χ3v) is 3.54. The van der Waals surface area contributed by atoms with E-state index >= 15 is 0 Å². The average Bonchev–Trinajstić information content (AvgIpc) is 2.37. The number of aromatic nitrogens is 3. The lowest BCUT2D eigenvalue weighted by atomic mass is 9.80. The summed E-state index contributed by atoms with van der Waals surface area (Å²) < 4.78 is 0. The van der Waals surface area contributed by atoms with Crippen molar-refractivity contribution in [1.82, 2.24) is 15.0 Å². The van der Waals surface area contributed by atoms with Gasteiger partial charge in [-0.05, 0) is 25.0 Å². The van der Waals surface area contributed by atoms with E-state index in [0.29, 0.717) is 0 Å². The first-order valence-corrected chi connectivity index (χ1v) is 5.77. The van der Waals surface area contributed by atoms with Crippen molar-refractivity contribution >= 4 is 11.0 Å². The topological polar surface area (TPSA) is 38.7 Å². The highest BCUT2D eigenvalue weighted by Gasteiger charge is 2.26. The molecule has 0 aliphatic carbocycles. The highest BCUT2D eigenvalue weighted by Crippen LogP contribution is 2.32. The molecule has 0 bridgehead atoms. The molecular formula is C13H17N3. The fourth-order valence-corrected chi connectivity index (χ4v) is 1.96. The molecule has 3 nitrogen and oxygen atoms in total. The molecular weight excluding hydrogens is 198 g/mol. The molecule has 3 heteroatoms. The second-order valence-corrected chi connectivity index (χ2v) is 4.36. The van der Waals surface area contributed by atoms with E-state index < -0.39 is 0 Å². The van der Waals surface area contributed by atoms with E-state index in [2.05, 4.69) is 41.8 Å². The van der Waals surface area contributed by atoms with E-state index in [9.17, 15) is 0 Å². The maximum absolute atomic E-state index is 4.47. The molecule has 0 aromatic carbocycles. The second-order valence-electron chi connectivity index (χ2n) is 4.36. The molecule has 2 aromatic rings. The zero-order valence-electron chi connectivity index (χ0n) is 10.1. The van der Waals surface area contributed by atoms with Gasteiger partial charge in [-0.25, -0.2) is 15.0 Å². The first-order chi connectivity index (χ1) is 7.71. The molecule has 0 aliphatic rings. The van der Waals surface area contributed by atoms with Gasteiger partial charge in [0, 0.05) is 17.0 Å². The lowest BCUT2D eigenvalue weighted by molar-refractivity contribution is 0.429. The van der Waals surface area contributed by atoms with Gasteiger partial charge in [0.15, 0.2) is 5.65 Å². The molecule has 0 atom stereocenters. The SMILES string of the molecule is CCC(C)(CC)c1ncnc2ncccc12. The smallest absolute Gasteiger partial charge is 0.162 e. The minimum Gasteiger partial charge on any atom is -0.240 e. The van der Waals surface area contributed by atoms with E-state index in [1.165, 1.54) is 0 Å². The van der Waals surface area contributed by atoms with Crippen molar-refractivity contribution in [3.05, 3.63) is 30.4 Å². The molecule has 0 aliphatic heterocycles. The normalized spacial score (nSPS) is 11.9. The molecule has 0 saturated carbocycles. The Morgan fingerprint density at radius 3 is 2.56 bits per heavy atom. The Morgan fingerprint density at radius 2 is 1.88 bits per heavy atom. The minimum atomic E-state index is 0.115. The predicted octanol–water partition coefficient (Wildman–Crippen LogP) is 3.10. The molecule has 0 radical (unpaired) electrons. The molecule has 2 heterocycles. The summed E-state index contributed by atoms with van der Waals surface area (Å²) in [4.78, 5) is 12.9. The first-order valence-electron chi connectivity index (χ1n) is 5.77. The van der Waals surface area contributed by atoms with Crippen molar-refractivity contribution in [1.29, 1.82) is 0 Å². The molecule has 16 heavy (non-hydrogen) atoms. The Bertz CT molecular complexity index is 484. The summed E-state index contributed by atoms with van der Waals surface area (Å²) in [6.07, 6.45) is 5.54. The Labute approximate surface area is 96.0 Å². The maximum Gasteiger partial charge on any atom is 0.162 e. The summed E-state index contributed by atoms with van der Waals surface area (Å²) in [6.45, 7) is 6.66. The van der Waals surface area contributed by atoms with E-state index in [1.54, 1.807) is 12.5 Å². The summed E-state index contributed by atoms with van der Waals surface area (Å²) in [7, 11) is 0. The zero-order valence-corrected chi connectivity index (χ0v) is 10.1. The molecule has 0 N–H and O–H groups in total. The summed E-state index contributed by atoms with van der Waals surface area (Å²) in [5, 5.41) is 1.08. The summed E-state index contributed by atoms with van der Waals surface area (Å²) in [5.74, 6) is 0. The van der Waals surface area contributed by atoms with Crippen LogP contribution in [-0.2, 0) is 5.41 Å². The predicted molar refractivity (Wildman–Crippen MR) is 65.3 cm³/mol. The lowest BCUT2D eigenvalue weighted by Crippen LogP contribution is -2.21. The van der Waals surface area contributed by atoms with Crippen LogP contribution in [0.15, 0.2) is 24.7 Å². The van der Waals surface area contributed by atoms with Gasteiger partial charge >= 0.3 is 0 Å². The quantitative estimate of drug-likeness (QED) is 0.789. The number of pyridine rings is 1. The monoisotopic (exact) mass is 215 g/mol. The zero-order chi connectivity index (χ0) is 11.6. The third kappa shape index (κ3) is 1.66. The Morgan fingerprint density at radius 1 is 1.12 bits per heavy atom. The van der Waals surface area contributed by atoms with Gasteiger partial charge in [-0.1, -0.05) is 20.8 Å². The van der Waals surface area contributed by atoms with E-state index in [4.69, 9.17) is 0 Å². The summed E-state index contributed by atoms with van der Waals surface area (Å²) in [6, 6.07) is 4.00. The number of hydrogen-bond acceptors (Lipinski definition) is 3. The third-order valence-electron chi connectivity index (χ3n) is 3.54. The van der Waals surface area contributed by atoms with Gasteiger partial charge in [-0.15, -0.1) is 0 Å². The molecule has 0 saturated heterocycles. The van der Waals surface area contributed by atoms with Crippen LogP contribution in [0.25, 0.3) is 11.0 Å². The Hall–Kier alpha value is -1.51. The second kappa shape index (κ2) is 4.16. The van der Waals surface area contributed by atoms with Crippen molar-refractivity contribution in [3.8, 4) is 0 Å². The van der Waals surface area contributed by atoms with Crippen LogP contribution in [0.2, 0.25) is 0 Å². The summed E-state index contributed by atoms with van der Waals surface area (Å²) >= 11 is 0. The Balaban J connectivity index is 2.69. The van der Waals surface area contributed by atoms with Crippen molar-refractivity contribution in [2.45, 2.75) is 39.0 Å². The van der Waals surface area contributed by atoms with Crippen LogP contribution in [0.5, 0.6) is 0 Å². The number of hydrogen-bond donors (Lipinski definition) is 0. The average molecular weight is 215 g/mol. The molecule has 2 rings (SSSR count). The van der Waals surface area contributed by atoms with Crippen molar-refractivity contribution in [3.63, 3.8) is 0 Å². The molecule has 0 amide bonds. The molecule has 2 aromatic heterocycles. The largest absolute Gasteiger partial charge is 0.240 e. The fraction of sp³-hybridized carbons (Fsp3) is 0.462. The highest BCUT2D eigenvalue weighted by molar-refractivity contribution is 5.77. The number of nitrogens with zero attached hydrogens (tertiary/aromatic N) is 3. The van der Waals surface area contributed by atoms with E-state index in [0.717, 1.165) is 29.6 Å². The van der Waals surface area contributed by atoms with Gasteiger partial charge in [0.2, 0.25) is 0 Å². The van der Waals surface area contributed by atoms with Gasteiger partial charge < -0.3 is 0 Å². The van der Waals surface area contributed by atoms with Crippen molar-refractivity contribution in [2.24, 2.45) is 0 Å². The van der Waals surface area contributed by atoms with Crippen LogP contribution in [0.3, 0.4) is 0 Å². The van der Waals surface area contributed by atoms with Crippen LogP contribution in [-0.4, -0.2) is 15.0 Å². The van der Waals surface area contributed by atoms with E-state index in [-0.39, 0.29) is 5.41 Å². The van der Waals surface area contributed by atoms with Crippen molar-refractivity contribution in [2.75, 3.05) is 0 Å². The van der Waals surface area contributed by atoms with Gasteiger partial charge in [-0.2, -0.15) is 0 Å². The van der Waals surface area contributed by atoms with Crippen LogP contribution in [0.4, 0.5) is 0 Å². The van der Waals surface area contributed by atoms with Crippen LogP contribution >= 0.6 is 0 Å². The highest BCUT2D eigenvalue weighted by atomic mass is 14.9. The van der Waals surface area contributed by atoms with Crippen LogP contribution < -0.4 is 0 Å². The standard InChI is InChI=1S/C13H17N3/c1-4-13(3,5-2)11-10-7-6-8-14-12(10)16-9-15-11/h6-9H,4-5H2,1-3H3. The van der Waals surface area contributed by atoms with E-state index in [1.807, 2.05) is 6.07 Å². The number of rotatable bonds is 3. The van der Waals surface area contributed by atoms with Crippen LogP contribution in [0, 0.1) is 0 Å². The fourth-order valence-electron chi connectivity index (χ4n) is 1.96. The van der Waals surface area contributed by atoms with Gasteiger partial charge in [0.05, 0.1) is 5.69 Å². The van der Waals surface area contributed by atoms with Gasteiger partial charge in [0.25, 0.3) is 0 Å². The molecule has 0 fully saturated rings. The maximum atomic E-state index is 4.47. The van der Waals surface area contributed by atoms with Gasteiger partial charge in [0.1, 0.15) is 6.33 Å². The van der Waals surface area contributed by atoms with Gasteiger partial charge in [-0.3, -0.25) is 0 Å². The lowest BCUT2D eigenvalue weighted by Gasteiger charge is -2.26.